The van der Waals surface area contributed by atoms with E-state index >= 15 is 0 Å². The zero-order valence-electron chi connectivity index (χ0n) is 17.9. The van der Waals surface area contributed by atoms with E-state index in [1.54, 1.807) is 37.4 Å². The van der Waals surface area contributed by atoms with Crippen LogP contribution in [0.15, 0.2) is 42.5 Å². The molecule has 1 aliphatic rings. The van der Waals surface area contributed by atoms with E-state index in [4.69, 9.17) is 16.3 Å². The molecule has 0 aliphatic carbocycles. The number of piperazine rings is 1. The van der Waals surface area contributed by atoms with Gasteiger partial charge in [0.25, 0.3) is 5.91 Å². The number of halogens is 1. The first-order valence-corrected chi connectivity index (χ1v) is 10.4. The molecule has 0 spiro atoms. The Balaban J connectivity index is 1.64. The maximum atomic E-state index is 12.5. The van der Waals surface area contributed by atoms with Crippen LogP contribution < -0.4 is 15.0 Å². The monoisotopic (exact) mass is 429 g/mol. The fourth-order valence-corrected chi connectivity index (χ4v) is 3.73. The number of benzene rings is 2. The quantitative estimate of drug-likeness (QED) is 0.787. The van der Waals surface area contributed by atoms with Crippen molar-refractivity contribution in [2.45, 2.75) is 20.8 Å². The highest BCUT2D eigenvalue weighted by molar-refractivity contribution is 6.33. The van der Waals surface area contributed by atoms with E-state index in [0.717, 1.165) is 18.8 Å². The van der Waals surface area contributed by atoms with Gasteiger partial charge in [0.15, 0.2) is 0 Å². The summed E-state index contributed by atoms with van der Waals surface area (Å²) in [5, 5.41) is 3.43. The molecule has 0 atom stereocenters. The summed E-state index contributed by atoms with van der Waals surface area (Å²) in [6, 6.07) is 12.5. The van der Waals surface area contributed by atoms with Crippen LogP contribution in [0.5, 0.6) is 5.75 Å². The van der Waals surface area contributed by atoms with Crippen LogP contribution in [0.4, 0.5) is 11.4 Å². The average molecular weight is 430 g/mol. The van der Waals surface area contributed by atoms with E-state index < -0.39 is 0 Å². The lowest BCUT2D eigenvalue weighted by Crippen LogP contribution is -2.51. The fourth-order valence-electron chi connectivity index (χ4n) is 3.43. The maximum absolute atomic E-state index is 12.5. The fraction of sp³-hybridized carbons (Fsp3) is 0.391. The van der Waals surface area contributed by atoms with Crippen molar-refractivity contribution in [1.29, 1.82) is 0 Å². The summed E-state index contributed by atoms with van der Waals surface area (Å²) in [7, 11) is 1.56. The van der Waals surface area contributed by atoms with Gasteiger partial charge in [-0.3, -0.25) is 9.59 Å². The van der Waals surface area contributed by atoms with Crippen LogP contribution in [0.1, 0.15) is 31.1 Å². The molecule has 0 unspecified atom stereocenters. The first-order valence-electron chi connectivity index (χ1n) is 9.98. The van der Waals surface area contributed by atoms with Crippen molar-refractivity contribution >= 4 is 34.8 Å². The normalized spacial score (nSPS) is 14.4. The van der Waals surface area contributed by atoms with Gasteiger partial charge in [-0.2, -0.15) is 0 Å². The van der Waals surface area contributed by atoms with Crippen LogP contribution in [0.3, 0.4) is 0 Å². The number of methoxy groups -OCH3 is 1. The van der Waals surface area contributed by atoms with Gasteiger partial charge in [0.05, 0.1) is 17.8 Å². The molecule has 2 aromatic rings. The highest BCUT2D eigenvalue weighted by Gasteiger charge is 2.30. The molecular weight excluding hydrogens is 402 g/mol. The number of carbonyl (C=O) groups is 2. The van der Waals surface area contributed by atoms with Crippen molar-refractivity contribution in [1.82, 2.24) is 4.90 Å². The van der Waals surface area contributed by atoms with E-state index in [-0.39, 0.29) is 17.2 Å². The number of nitrogens with one attached hydrogen (secondary N) is 1. The van der Waals surface area contributed by atoms with Crippen molar-refractivity contribution in [2.24, 2.45) is 5.41 Å². The van der Waals surface area contributed by atoms with Gasteiger partial charge < -0.3 is 19.9 Å². The van der Waals surface area contributed by atoms with E-state index in [9.17, 15) is 9.59 Å². The van der Waals surface area contributed by atoms with E-state index in [1.807, 2.05) is 37.8 Å². The Labute approximate surface area is 182 Å². The van der Waals surface area contributed by atoms with Crippen molar-refractivity contribution in [2.75, 3.05) is 43.5 Å². The van der Waals surface area contributed by atoms with Crippen LogP contribution in [-0.2, 0) is 4.79 Å². The topological polar surface area (TPSA) is 61.9 Å². The van der Waals surface area contributed by atoms with Crippen molar-refractivity contribution < 1.29 is 14.3 Å². The molecule has 30 heavy (non-hydrogen) atoms. The van der Waals surface area contributed by atoms with Gasteiger partial charge in [0.1, 0.15) is 5.75 Å². The molecule has 3 rings (SSSR count). The summed E-state index contributed by atoms with van der Waals surface area (Å²) in [5.41, 5.74) is 1.66. The van der Waals surface area contributed by atoms with Crippen molar-refractivity contribution in [3.05, 3.63) is 53.1 Å². The third-order valence-corrected chi connectivity index (χ3v) is 5.39. The maximum Gasteiger partial charge on any atom is 0.255 e. The smallest absolute Gasteiger partial charge is 0.255 e. The highest BCUT2D eigenvalue weighted by Crippen LogP contribution is 2.30. The largest absolute Gasteiger partial charge is 0.497 e. The summed E-state index contributed by atoms with van der Waals surface area (Å²) >= 11 is 6.52. The third kappa shape index (κ3) is 5.05. The molecule has 1 fully saturated rings. The van der Waals surface area contributed by atoms with Gasteiger partial charge >= 0.3 is 0 Å². The third-order valence-electron chi connectivity index (χ3n) is 5.09. The lowest BCUT2D eigenvalue weighted by atomic mass is 9.94. The SMILES string of the molecule is COc1cccc(C(=O)Nc2ccc(N3CCN(C(=O)C(C)(C)C)CC3)c(Cl)c2)c1. The number of hydrogen-bond acceptors (Lipinski definition) is 4. The Morgan fingerprint density at radius 3 is 2.33 bits per heavy atom. The number of anilines is 2. The molecule has 0 radical (unpaired) electrons. The van der Waals surface area contributed by atoms with Crippen LogP contribution in [0.25, 0.3) is 0 Å². The second-order valence-electron chi connectivity index (χ2n) is 8.38. The Bertz CT molecular complexity index is 932. The van der Waals surface area contributed by atoms with Crippen LogP contribution >= 0.6 is 11.6 Å². The summed E-state index contributed by atoms with van der Waals surface area (Å²) in [6.45, 7) is 8.60. The Kier molecular flexibility index (Phi) is 6.56. The number of nitrogens with zero attached hydrogens (tertiary/aromatic N) is 2. The molecule has 0 bridgehead atoms. The Morgan fingerprint density at radius 2 is 1.73 bits per heavy atom. The molecule has 1 N–H and O–H groups in total. The van der Waals surface area contributed by atoms with Gasteiger partial charge in [-0.1, -0.05) is 38.4 Å². The molecule has 7 heteroatoms. The van der Waals surface area contributed by atoms with E-state index in [1.165, 1.54) is 0 Å². The molecule has 2 aromatic carbocycles. The van der Waals surface area contributed by atoms with Crippen molar-refractivity contribution in [3.8, 4) is 5.75 Å². The lowest BCUT2D eigenvalue weighted by Gasteiger charge is -2.39. The molecule has 1 saturated heterocycles. The number of hydrogen-bond donors (Lipinski definition) is 1. The molecule has 1 heterocycles. The minimum atomic E-state index is -0.373. The molecule has 6 nitrogen and oxygen atoms in total. The number of amides is 2. The molecule has 0 aromatic heterocycles. The molecule has 2 amide bonds. The van der Waals surface area contributed by atoms with Gasteiger partial charge in [-0.05, 0) is 36.4 Å². The summed E-state index contributed by atoms with van der Waals surface area (Å²) < 4.78 is 5.17. The average Bonchev–Trinajstić information content (AvgIpc) is 2.73. The Hall–Kier alpha value is -2.73. The first-order chi connectivity index (χ1) is 14.2. The van der Waals surface area contributed by atoms with Crippen LogP contribution in [-0.4, -0.2) is 50.0 Å². The summed E-state index contributed by atoms with van der Waals surface area (Å²) in [6.07, 6.45) is 0. The van der Waals surface area contributed by atoms with Gasteiger partial charge in [-0.25, -0.2) is 0 Å². The van der Waals surface area contributed by atoms with Crippen LogP contribution in [0, 0.1) is 5.41 Å². The van der Waals surface area contributed by atoms with Gasteiger partial charge in [0, 0.05) is 42.8 Å². The van der Waals surface area contributed by atoms with Gasteiger partial charge in [0.2, 0.25) is 5.91 Å². The van der Waals surface area contributed by atoms with Crippen molar-refractivity contribution in [3.63, 3.8) is 0 Å². The second kappa shape index (κ2) is 8.96. The minimum Gasteiger partial charge on any atom is -0.497 e. The number of carbonyl (C=O) groups excluding carboxylic acids is 2. The second-order valence-corrected chi connectivity index (χ2v) is 8.79. The predicted octanol–water partition coefficient (Wildman–Crippen LogP) is 4.30. The molecule has 1 aliphatic heterocycles. The first kappa shape index (κ1) is 22.0. The van der Waals surface area contributed by atoms with Crippen LogP contribution in [0.2, 0.25) is 5.02 Å². The summed E-state index contributed by atoms with van der Waals surface area (Å²) in [5.74, 6) is 0.566. The minimum absolute atomic E-state index is 0.170. The zero-order chi connectivity index (χ0) is 21.9. The Morgan fingerprint density at radius 1 is 1.03 bits per heavy atom. The predicted molar refractivity (Wildman–Crippen MR) is 121 cm³/mol. The zero-order valence-corrected chi connectivity index (χ0v) is 18.6. The standard InChI is InChI=1S/C23H28ClN3O3/c1-23(2,3)22(29)27-12-10-26(11-13-27)20-9-8-17(15-19(20)24)25-21(28)16-6-5-7-18(14-16)30-4/h5-9,14-15H,10-13H2,1-4H3,(H,25,28). The summed E-state index contributed by atoms with van der Waals surface area (Å²) in [4.78, 5) is 29.1. The number of ether oxygens (including phenoxy) is 1. The highest BCUT2D eigenvalue weighted by atomic mass is 35.5. The molecule has 160 valence electrons. The molecular formula is C23H28ClN3O3. The van der Waals surface area contributed by atoms with E-state index in [0.29, 0.717) is 35.1 Å². The molecule has 0 saturated carbocycles. The van der Waals surface area contributed by atoms with E-state index in [2.05, 4.69) is 10.2 Å². The lowest BCUT2D eigenvalue weighted by molar-refractivity contribution is -0.139. The van der Waals surface area contributed by atoms with Gasteiger partial charge in [-0.15, -0.1) is 0 Å². The number of rotatable bonds is 4.